The van der Waals surface area contributed by atoms with Crippen LogP contribution in [0.15, 0.2) is 0 Å². The molecule has 1 saturated heterocycles. The largest absolute Gasteiger partial charge is 0.379 e. The molecule has 3 heterocycles. The van der Waals surface area contributed by atoms with Gasteiger partial charge in [0.25, 0.3) is 5.91 Å². The second kappa shape index (κ2) is 5.74. The highest BCUT2D eigenvalue weighted by molar-refractivity contribution is 7.16. The minimum atomic E-state index is 0.245. The van der Waals surface area contributed by atoms with Gasteiger partial charge in [0.05, 0.1) is 5.56 Å². The molecule has 110 valence electrons. The minimum Gasteiger partial charge on any atom is -0.379 e. The number of nitrogens with zero attached hydrogens (tertiary/aromatic N) is 2. The van der Waals surface area contributed by atoms with Crippen molar-refractivity contribution >= 4 is 22.2 Å². The molecule has 0 atom stereocenters. The normalized spacial score (nSPS) is 19.2. The van der Waals surface area contributed by atoms with Crippen LogP contribution in [-0.2, 0) is 13.0 Å². The molecule has 1 aromatic heterocycles. The third-order valence-corrected chi connectivity index (χ3v) is 5.65. The van der Waals surface area contributed by atoms with Gasteiger partial charge in [-0.05, 0) is 31.4 Å². The lowest BCUT2D eigenvalue weighted by atomic mass is 10.0. The Morgan fingerprint density at radius 3 is 2.70 bits per heavy atom. The summed E-state index contributed by atoms with van der Waals surface area (Å²) in [6.45, 7) is 7.21. The topological polar surface area (TPSA) is 35.6 Å². The van der Waals surface area contributed by atoms with Crippen LogP contribution in [0.2, 0.25) is 0 Å². The first-order valence-corrected chi connectivity index (χ1v) is 8.40. The van der Waals surface area contributed by atoms with Gasteiger partial charge in [0.2, 0.25) is 0 Å². The molecular weight excluding hydrogens is 270 g/mol. The monoisotopic (exact) mass is 293 g/mol. The number of hydrogen-bond acceptors (Lipinski definition) is 4. The van der Waals surface area contributed by atoms with Crippen LogP contribution < -0.4 is 5.32 Å². The smallest absolute Gasteiger partial charge is 0.257 e. The first kappa shape index (κ1) is 13.9. The number of likely N-dealkylation sites (N-methyl/N-ethyl adjacent to an activating group) is 1. The second-order valence-corrected chi connectivity index (χ2v) is 6.68. The summed E-state index contributed by atoms with van der Waals surface area (Å²) >= 11 is 1.77. The Morgan fingerprint density at radius 2 is 2.05 bits per heavy atom. The summed E-state index contributed by atoms with van der Waals surface area (Å²) in [5.41, 5.74) is 2.27. The van der Waals surface area contributed by atoms with Gasteiger partial charge < -0.3 is 10.2 Å². The molecule has 2 aliphatic rings. The fourth-order valence-corrected chi connectivity index (χ4v) is 4.44. The summed E-state index contributed by atoms with van der Waals surface area (Å²) in [5, 5.41) is 4.30. The fourth-order valence-electron chi connectivity index (χ4n) is 3.21. The van der Waals surface area contributed by atoms with E-state index in [2.05, 4.69) is 17.1 Å². The Kier molecular flexibility index (Phi) is 3.98. The number of carbonyl (C=O) groups excluding carboxylic acids is 1. The lowest BCUT2D eigenvalue weighted by Gasteiger charge is -2.26. The van der Waals surface area contributed by atoms with Crippen LogP contribution in [0.4, 0.5) is 5.00 Å². The number of nitrogens with one attached hydrogen (secondary N) is 1. The molecule has 0 aromatic carbocycles. The summed E-state index contributed by atoms with van der Waals surface area (Å²) in [6.07, 6.45) is 3.31. The molecule has 0 bridgehead atoms. The molecule has 2 aliphatic heterocycles. The van der Waals surface area contributed by atoms with E-state index >= 15 is 0 Å². The van der Waals surface area contributed by atoms with Gasteiger partial charge in [0.1, 0.15) is 5.00 Å². The van der Waals surface area contributed by atoms with Crippen LogP contribution in [0.1, 0.15) is 40.6 Å². The maximum absolute atomic E-state index is 12.8. The Bertz CT molecular complexity index is 505. The Balaban J connectivity index is 1.93. The van der Waals surface area contributed by atoms with E-state index in [0.717, 1.165) is 62.6 Å². The van der Waals surface area contributed by atoms with Crippen molar-refractivity contribution in [3.05, 3.63) is 16.0 Å². The van der Waals surface area contributed by atoms with E-state index < -0.39 is 0 Å². The molecule has 0 radical (unpaired) electrons. The van der Waals surface area contributed by atoms with E-state index in [-0.39, 0.29) is 5.91 Å². The SMILES string of the molecule is CCN1CCc2c(sc(NC)c2C(=O)N2CCCC2)C1. The maximum atomic E-state index is 12.8. The van der Waals surface area contributed by atoms with Crippen LogP contribution in [0.25, 0.3) is 0 Å². The lowest BCUT2D eigenvalue weighted by molar-refractivity contribution is 0.0792. The van der Waals surface area contributed by atoms with Gasteiger partial charge in [-0.15, -0.1) is 11.3 Å². The molecule has 0 spiro atoms. The number of anilines is 1. The van der Waals surface area contributed by atoms with Crippen molar-refractivity contribution in [2.75, 3.05) is 38.5 Å². The van der Waals surface area contributed by atoms with Crippen molar-refractivity contribution < 1.29 is 4.79 Å². The molecular formula is C15H23N3OS. The number of fused-ring (bicyclic) bond motifs is 1. The van der Waals surface area contributed by atoms with Gasteiger partial charge >= 0.3 is 0 Å². The highest BCUT2D eigenvalue weighted by Crippen LogP contribution is 2.37. The van der Waals surface area contributed by atoms with Crippen molar-refractivity contribution in [1.82, 2.24) is 9.80 Å². The highest BCUT2D eigenvalue weighted by Gasteiger charge is 2.30. The predicted molar refractivity (Wildman–Crippen MR) is 83.7 cm³/mol. The summed E-state index contributed by atoms with van der Waals surface area (Å²) < 4.78 is 0. The summed E-state index contributed by atoms with van der Waals surface area (Å²) in [7, 11) is 1.93. The molecule has 1 fully saturated rings. The van der Waals surface area contributed by atoms with Gasteiger partial charge in [0, 0.05) is 38.1 Å². The van der Waals surface area contributed by atoms with Crippen LogP contribution in [0.5, 0.6) is 0 Å². The molecule has 0 aliphatic carbocycles. The summed E-state index contributed by atoms with van der Waals surface area (Å²) in [6, 6.07) is 0. The molecule has 3 rings (SSSR count). The van der Waals surface area contributed by atoms with Crippen molar-refractivity contribution in [3.8, 4) is 0 Å². The molecule has 1 aromatic rings. The highest BCUT2D eigenvalue weighted by atomic mass is 32.1. The summed E-state index contributed by atoms with van der Waals surface area (Å²) in [4.78, 5) is 18.6. The quantitative estimate of drug-likeness (QED) is 0.929. The van der Waals surface area contributed by atoms with E-state index in [1.165, 1.54) is 10.4 Å². The van der Waals surface area contributed by atoms with Gasteiger partial charge in [0.15, 0.2) is 0 Å². The first-order chi connectivity index (χ1) is 9.74. The third kappa shape index (κ3) is 2.33. The number of hydrogen-bond donors (Lipinski definition) is 1. The van der Waals surface area contributed by atoms with Gasteiger partial charge in [-0.2, -0.15) is 0 Å². The number of likely N-dealkylation sites (tertiary alicyclic amines) is 1. The lowest BCUT2D eigenvalue weighted by Crippen LogP contribution is -2.32. The minimum absolute atomic E-state index is 0.245. The van der Waals surface area contributed by atoms with E-state index in [9.17, 15) is 4.79 Å². The zero-order valence-corrected chi connectivity index (χ0v) is 13.2. The van der Waals surface area contributed by atoms with Gasteiger partial charge in [-0.3, -0.25) is 9.69 Å². The average Bonchev–Trinajstić information content (AvgIpc) is 3.12. The molecule has 0 unspecified atom stereocenters. The molecule has 5 heteroatoms. The van der Waals surface area contributed by atoms with Crippen molar-refractivity contribution in [2.24, 2.45) is 0 Å². The van der Waals surface area contributed by atoms with Crippen molar-refractivity contribution in [3.63, 3.8) is 0 Å². The number of thiophene rings is 1. The average molecular weight is 293 g/mol. The first-order valence-electron chi connectivity index (χ1n) is 7.58. The molecule has 4 nitrogen and oxygen atoms in total. The van der Waals surface area contributed by atoms with Crippen LogP contribution >= 0.6 is 11.3 Å². The third-order valence-electron chi connectivity index (χ3n) is 4.42. The fraction of sp³-hybridized carbons (Fsp3) is 0.667. The number of rotatable bonds is 3. The van der Waals surface area contributed by atoms with E-state index in [0.29, 0.717) is 0 Å². The zero-order valence-electron chi connectivity index (χ0n) is 12.4. The van der Waals surface area contributed by atoms with Gasteiger partial charge in [-0.1, -0.05) is 6.92 Å². The Labute approximate surface area is 124 Å². The van der Waals surface area contributed by atoms with E-state index in [4.69, 9.17) is 0 Å². The number of amides is 1. The standard InChI is InChI=1S/C15H23N3OS/c1-3-17-9-6-11-12(10-17)20-14(16-2)13(11)15(19)18-7-4-5-8-18/h16H,3-10H2,1-2H3. The van der Waals surface area contributed by atoms with Crippen molar-refractivity contribution in [1.29, 1.82) is 0 Å². The second-order valence-electron chi connectivity index (χ2n) is 5.58. The predicted octanol–water partition coefficient (Wildman–Crippen LogP) is 2.40. The zero-order chi connectivity index (χ0) is 14.1. The number of carbonyl (C=O) groups is 1. The molecule has 1 N–H and O–H groups in total. The van der Waals surface area contributed by atoms with E-state index in [1.54, 1.807) is 11.3 Å². The van der Waals surface area contributed by atoms with Gasteiger partial charge in [-0.25, -0.2) is 0 Å². The molecule has 1 amide bonds. The Morgan fingerprint density at radius 1 is 1.30 bits per heavy atom. The maximum Gasteiger partial charge on any atom is 0.257 e. The van der Waals surface area contributed by atoms with Crippen LogP contribution in [-0.4, -0.2) is 48.9 Å². The molecule has 0 saturated carbocycles. The molecule has 20 heavy (non-hydrogen) atoms. The summed E-state index contributed by atoms with van der Waals surface area (Å²) in [5.74, 6) is 0.245. The van der Waals surface area contributed by atoms with E-state index in [1.807, 2.05) is 11.9 Å². The Hall–Kier alpha value is -1.07. The van der Waals surface area contributed by atoms with Crippen LogP contribution in [0, 0.1) is 0 Å². The van der Waals surface area contributed by atoms with Crippen molar-refractivity contribution in [2.45, 2.75) is 32.7 Å². The van der Waals surface area contributed by atoms with Crippen LogP contribution in [0.3, 0.4) is 0 Å².